The number of morpholine rings is 1. The first-order valence-corrected chi connectivity index (χ1v) is 6.78. The maximum atomic E-state index is 5.92. The third-order valence-electron chi connectivity index (χ3n) is 3.37. The lowest BCUT2D eigenvalue weighted by molar-refractivity contribution is -0.0563. The first-order chi connectivity index (χ1) is 7.69. The molecular formula is C13H28N2O. The van der Waals surface area contributed by atoms with Crippen LogP contribution in [0.2, 0.25) is 0 Å². The lowest BCUT2D eigenvalue weighted by atomic mass is 10.0. The van der Waals surface area contributed by atoms with Crippen LogP contribution in [0.1, 0.15) is 40.5 Å². The van der Waals surface area contributed by atoms with Gasteiger partial charge in [-0.2, -0.15) is 0 Å². The van der Waals surface area contributed by atoms with Gasteiger partial charge in [0, 0.05) is 25.2 Å². The van der Waals surface area contributed by atoms with Crippen molar-refractivity contribution in [1.82, 2.24) is 10.2 Å². The highest BCUT2D eigenvalue weighted by Gasteiger charge is 2.27. The molecule has 0 saturated carbocycles. The molecule has 1 fully saturated rings. The number of likely N-dealkylation sites (N-methyl/N-ethyl adjacent to an activating group) is 1. The molecule has 0 aromatic heterocycles. The van der Waals surface area contributed by atoms with E-state index in [2.05, 4.69) is 37.9 Å². The highest BCUT2D eigenvalue weighted by Crippen LogP contribution is 2.14. The summed E-state index contributed by atoms with van der Waals surface area (Å²) in [6, 6.07) is 1.16. The van der Waals surface area contributed by atoms with Crippen LogP contribution in [0.25, 0.3) is 0 Å². The second-order valence-electron chi connectivity index (χ2n) is 4.95. The third-order valence-corrected chi connectivity index (χ3v) is 3.37. The molecule has 2 atom stereocenters. The number of rotatable bonds is 6. The van der Waals surface area contributed by atoms with E-state index >= 15 is 0 Å². The first-order valence-electron chi connectivity index (χ1n) is 6.78. The Balaban J connectivity index is 2.48. The molecule has 0 spiro atoms. The summed E-state index contributed by atoms with van der Waals surface area (Å²) in [5.74, 6) is 0. The highest BCUT2D eigenvalue weighted by atomic mass is 16.5. The smallest absolute Gasteiger partial charge is 0.0855 e. The minimum absolute atomic E-state index is 0.371. The lowest BCUT2D eigenvalue weighted by Gasteiger charge is -2.39. The van der Waals surface area contributed by atoms with Gasteiger partial charge < -0.3 is 10.1 Å². The Labute approximate surface area is 101 Å². The van der Waals surface area contributed by atoms with Crippen molar-refractivity contribution in [2.75, 3.05) is 26.2 Å². The van der Waals surface area contributed by atoms with E-state index in [0.29, 0.717) is 18.2 Å². The molecule has 1 N–H and O–H groups in total. The topological polar surface area (TPSA) is 24.5 Å². The van der Waals surface area contributed by atoms with E-state index < -0.39 is 0 Å². The van der Waals surface area contributed by atoms with Crippen LogP contribution in [0.15, 0.2) is 0 Å². The van der Waals surface area contributed by atoms with Crippen LogP contribution >= 0.6 is 0 Å². The summed E-state index contributed by atoms with van der Waals surface area (Å²) in [4.78, 5) is 2.52. The molecule has 0 radical (unpaired) electrons. The van der Waals surface area contributed by atoms with Gasteiger partial charge in [-0.3, -0.25) is 4.90 Å². The molecule has 3 nitrogen and oxygen atoms in total. The molecular weight excluding hydrogens is 200 g/mol. The zero-order chi connectivity index (χ0) is 12.0. The molecule has 16 heavy (non-hydrogen) atoms. The van der Waals surface area contributed by atoms with Crippen molar-refractivity contribution in [3.63, 3.8) is 0 Å². The first kappa shape index (κ1) is 13.9. The van der Waals surface area contributed by atoms with Gasteiger partial charge in [0.05, 0.1) is 12.7 Å². The number of hydrogen-bond donors (Lipinski definition) is 1. The van der Waals surface area contributed by atoms with Crippen LogP contribution in [0.5, 0.6) is 0 Å². The Morgan fingerprint density at radius 1 is 1.38 bits per heavy atom. The largest absolute Gasteiger partial charge is 0.374 e. The summed E-state index contributed by atoms with van der Waals surface area (Å²) < 4.78 is 5.92. The lowest BCUT2D eigenvalue weighted by Crippen LogP contribution is -2.53. The molecule has 2 unspecified atom stereocenters. The van der Waals surface area contributed by atoms with Crippen LogP contribution in [0.4, 0.5) is 0 Å². The van der Waals surface area contributed by atoms with E-state index in [0.717, 1.165) is 26.2 Å². The summed E-state index contributed by atoms with van der Waals surface area (Å²) in [7, 11) is 0. The molecule has 1 saturated heterocycles. The average molecular weight is 228 g/mol. The maximum Gasteiger partial charge on any atom is 0.0855 e. The van der Waals surface area contributed by atoms with Crippen LogP contribution in [0.3, 0.4) is 0 Å². The van der Waals surface area contributed by atoms with E-state index in [9.17, 15) is 0 Å². The van der Waals surface area contributed by atoms with E-state index in [4.69, 9.17) is 4.74 Å². The fourth-order valence-corrected chi connectivity index (χ4v) is 2.40. The third kappa shape index (κ3) is 4.04. The van der Waals surface area contributed by atoms with Gasteiger partial charge in [-0.1, -0.05) is 20.3 Å². The van der Waals surface area contributed by atoms with Crippen LogP contribution < -0.4 is 5.32 Å². The fourth-order valence-electron chi connectivity index (χ4n) is 2.40. The molecule has 1 aliphatic heterocycles. The predicted octanol–water partition coefficient (Wildman–Crippen LogP) is 1.87. The molecule has 1 heterocycles. The number of ether oxygens (including phenoxy) is 1. The Morgan fingerprint density at radius 3 is 2.69 bits per heavy atom. The minimum Gasteiger partial charge on any atom is -0.374 e. The Hall–Kier alpha value is -0.120. The van der Waals surface area contributed by atoms with E-state index in [-0.39, 0.29) is 0 Å². The van der Waals surface area contributed by atoms with Gasteiger partial charge in [-0.05, 0) is 26.8 Å². The standard InChI is InChI=1S/C13H28N2O/c1-5-7-12(14-6-2)13-10-15(11(3)4)8-9-16-13/h11-14H,5-10H2,1-4H3. The van der Waals surface area contributed by atoms with Gasteiger partial charge in [-0.15, -0.1) is 0 Å². The van der Waals surface area contributed by atoms with Gasteiger partial charge in [0.15, 0.2) is 0 Å². The zero-order valence-corrected chi connectivity index (χ0v) is 11.3. The molecule has 0 aliphatic carbocycles. The second kappa shape index (κ2) is 7.25. The van der Waals surface area contributed by atoms with Crippen molar-refractivity contribution in [3.05, 3.63) is 0 Å². The van der Waals surface area contributed by atoms with Crippen LogP contribution in [-0.2, 0) is 4.74 Å². The van der Waals surface area contributed by atoms with Gasteiger partial charge in [-0.25, -0.2) is 0 Å². The molecule has 96 valence electrons. The van der Waals surface area contributed by atoms with Gasteiger partial charge in [0.25, 0.3) is 0 Å². The van der Waals surface area contributed by atoms with Crippen LogP contribution in [-0.4, -0.2) is 49.3 Å². The van der Waals surface area contributed by atoms with Crippen molar-refractivity contribution < 1.29 is 4.74 Å². The summed E-state index contributed by atoms with van der Waals surface area (Å²) >= 11 is 0. The summed E-state index contributed by atoms with van der Waals surface area (Å²) in [6.07, 6.45) is 2.81. The SMILES string of the molecule is CCCC(NCC)C1CN(C(C)C)CCO1. The Morgan fingerprint density at radius 2 is 2.12 bits per heavy atom. The maximum absolute atomic E-state index is 5.92. The van der Waals surface area contributed by atoms with E-state index in [1.165, 1.54) is 12.8 Å². The van der Waals surface area contributed by atoms with Crippen molar-refractivity contribution in [3.8, 4) is 0 Å². The number of hydrogen-bond acceptors (Lipinski definition) is 3. The van der Waals surface area contributed by atoms with E-state index in [1.807, 2.05) is 0 Å². The molecule has 0 bridgehead atoms. The van der Waals surface area contributed by atoms with Crippen molar-refractivity contribution in [2.45, 2.75) is 58.7 Å². The molecule has 0 aromatic carbocycles. The monoisotopic (exact) mass is 228 g/mol. The number of nitrogens with zero attached hydrogens (tertiary/aromatic N) is 1. The van der Waals surface area contributed by atoms with Crippen LogP contribution in [0, 0.1) is 0 Å². The Bertz CT molecular complexity index is 179. The summed E-state index contributed by atoms with van der Waals surface area (Å²) in [5, 5.41) is 3.56. The molecule has 0 amide bonds. The van der Waals surface area contributed by atoms with Crippen molar-refractivity contribution in [1.29, 1.82) is 0 Å². The van der Waals surface area contributed by atoms with Gasteiger partial charge in [0.2, 0.25) is 0 Å². The van der Waals surface area contributed by atoms with Gasteiger partial charge >= 0.3 is 0 Å². The summed E-state index contributed by atoms with van der Waals surface area (Å²) in [5.41, 5.74) is 0. The van der Waals surface area contributed by atoms with Crippen molar-refractivity contribution in [2.24, 2.45) is 0 Å². The number of nitrogens with one attached hydrogen (secondary N) is 1. The molecule has 0 aromatic rings. The quantitative estimate of drug-likeness (QED) is 0.751. The average Bonchev–Trinajstić information content (AvgIpc) is 2.29. The fraction of sp³-hybridized carbons (Fsp3) is 1.00. The second-order valence-corrected chi connectivity index (χ2v) is 4.95. The van der Waals surface area contributed by atoms with E-state index in [1.54, 1.807) is 0 Å². The van der Waals surface area contributed by atoms with Gasteiger partial charge in [0.1, 0.15) is 0 Å². The highest BCUT2D eigenvalue weighted by molar-refractivity contribution is 4.83. The zero-order valence-electron chi connectivity index (χ0n) is 11.3. The molecule has 3 heteroatoms. The molecule has 1 aliphatic rings. The minimum atomic E-state index is 0.371. The Kier molecular flexibility index (Phi) is 6.32. The normalized spacial score (nSPS) is 24.9. The van der Waals surface area contributed by atoms with Crippen molar-refractivity contribution >= 4 is 0 Å². The molecule has 1 rings (SSSR count). The summed E-state index contributed by atoms with van der Waals surface area (Å²) in [6.45, 7) is 13.0. The predicted molar refractivity (Wildman–Crippen MR) is 68.8 cm³/mol.